The lowest BCUT2D eigenvalue weighted by atomic mass is 9.73. The van der Waals surface area contributed by atoms with Crippen molar-refractivity contribution in [3.8, 4) is 5.75 Å². The summed E-state index contributed by atoms with van der Waals surface area (Å²) < 4.78 is 19.6. The smallest absolute Gasteiger partial charge is 0.241 e. The van der Waals surface area contributed by atoms with E-state index < -0.39 is 5.41 Å². The fourth-order valence-electron chi connectivity index (χ4n) is 4.35. The van der Waals surface area contributed by atoms with Crippen molar-refractivity contribution in [1.29, 1.82) is 0 Å². The maximum absolute atomic E-state index is 14.0. The first kappa shape index (κ1) is 17.4. The number of benzene rings is 2. The van der Waals surface area contributed by atoms with Crippen molar-refractivity contribution in [3.05, 3.63) is 58.4 Å². The second-order valence-electron chi connectivity index (χ2n) is 7.30. The molecule has 1 aromatic heterocycles. The number of rotatable bonds is 2. The zero-order valence-electron chi connectivity index (χ0n) is 15.4. The quantitative estimate of drug-likeness (QED) is 0.605. The molecule has 0 bridgehead atoms. The number of amides is 1. The number of pyridine rings is 1. The van der Waals surface area contributed by atoms with Crippen LogP contribution in [0.15, 0.2) is 47.1 Å². The summed E-state index contributed by atoms with van der Waals surface area (Å²) in [6.07, 6.45) is 1.67. The zero-order valence-corrected chi connectivity index (χ0v) is 17.0. The maximum Gasteiger partial charge on any atom is 0.241 e. The average molecular weight is 442 g/mol. The summed E-state index contributed by atoms with van der Waals surface area (Å²) in [5.41, 5.74) is 2.70. The molecule has 0 aliphatic carbocycles. The zero-order chi connectivity index (χ0) is 19.6. The van der Waals surface area contributed by atoms with Gasteiger partial charge in [-0.15, -0.1) is 0 Å². The van der Waals surface area contributed by atoms with Crippen LogP contribution in [0.2, 0.25) is 0 Å². The van der Waals surface area contributed by atoms with E-state index >= 15 is 0 Å². The highest BCUT2D eigenvalue weighted by Gasteiger charge is 2.58. The molecule has 0 unspecified atom stereocenters. The molecule has 7 heteroatoms. The SMILES string of the molecule is COc1ccc(N2CC3(C2)C(=O)N(C)c2cnc4cc(F)c(Br)cc4c23)cc1. The van der Waals surface area contributed by atoms with E-state index in [4.69, 9.17) is 4.74 Å². The first-order chi connectivity index (χ1) is 13.4. The summed E-state index contributed by atoms with van der Waals surface area (Å²) in [7, 11) is 3.41. The monoisotopic (exact) mass is 441 g/mol. The number of fused-ring (bicyclic) bond motifs is 4. The van der Waals surface area contributed by atoms with Gasteiger partial charge in [-0.2, -0.15) is 0 Å². The lowest BCUT2D eigenvalue weighted by Gasteiger charge is -2.48. The predicted molar refractivity (Wildman–Crippen MR) is 110 cm³/mol. The molecule has 1 saturated heterocycles. The Morgan fingerprint density at radius 3 is 2.61 bits per heavy atom. The van der Waals surface area contributed by atoms with Crippen LogP contribution in [-0.4, -0.2) is 38.1 Å². The number of halogens is 2. The molecule has 0 radical (unpaired) electrons. The van der Waals surface area contributed by atoms with Gasteiger partial charge in [-0.1, -0.05) is 0 Å². The number of hydrogen-bond acceptors (Lipinski definition) is 4. The van der Waals surface area contributed by atoms with Crippen LogP contribution in [-0.2, 0) is 10.2 Å². The molecule has 2 aliphatic rings. The second kappa shape index (κ2) is 5.91. The van der Waals surface area contributed by atoms with Gasteiger partial charge in [0.2, 0.25) is 5.91 Å². The summed E-state index contributed by atoms with van der Waals surface area (Å²) in [6, 6.07) is 11.0. The Kier molecular flexibility index (Phi) is 3.68. The van der Waals surface area contributed by atoms with Crippen LogP contribution in [0, 0.1) is 5.82 Å². The highest BCUT2D eigenvalue weighted by molar-refractivity contribution is 9.10. The lowest BCUT2D eigenvalue weighted by Crippen LogP contribution is -2.64. The third-order valence-electron chi connectivity index (χ3n) is 5.80. The number of carbonyl (C=O) groups excluding carboxylic acids is 1. The number of anilines is 2. The van der Waals surface area contributed by atoms with E-state index in [-0.39, 0.29) is 11.7 Å². The topological polar surface area (TPSA) is 45.7 Å². The van der Waals surface area contributed by atoms with E-state index in [9.17, 15) is 9.18 Å². The number of nitrogens with zero attached hydrogens (tertiary/aromatic N) is 3. The molecule has 0 saturated carbocycles. The molecule has 1 spiro atoms. The van der Waals surface area contributed by atoms with Gasteiger partial charge in [0.15, 0.2) is 0 Å². The fraction of sp³-hybridized carbons (Fsp3) is 0.238. The first-order valence-corrected chi connectivity index (χ1v) is 9.69. The molecular weight excluding hydrogens is 425 g/mol. The van der Waals surface area contributed by atoms with Gasteiger partial charge in [0.05, 0.1) is 29.0 Å². The Bertz CT molecular complexity index is 1130. The van der Waals surface area contributed by atoms with E-state index in [1.54, 1.807) is 31.3 Å². The highest BCUT2D eigenvalue weighted by atomic mass is 79.9. The van der Waals surface area contributed by atoms with Crippen molar-refractivity contribution in [2.24, 2.45) is 0 Å². The minimum atomic E-state index is -0.636. The Balaban J connectivity index is 1.60. The number of likely N-dealkylation sites (N-methyl/N-ethyl adjacent to an activating group) is 1. The summed E-state index contributed by atoms with van der Waals surface area (Å²) in [5, 5.41) is 0.817. The van der Waals surface area contributed by atoms with Crippen LogP contribution in [0.4, 0.5) is 15.8 Å². The van der Waals surface area contributed by atoms with Crippen molar-refractivity contribution >= 4 is 44.1 Å². The molecule has 1 amide bonds. The lowest BCUT2D eigenvalue weighted by molar-refractivity contribution is -0.123. The molecule has 5 nitrogen and oxygen atoms in total. The standard InChI is InChI=1S/C21H17BrFN3O2/c1-25-18-9-24-17-8-16(23)15(22)7-14(17)19(18)21(20(25)27)10-26(11-21)12-3-5-13(28-2)6-4-12/h3-9H,10-11H2,1-2H3. The van der Waals surface area contributed by atoms with E-state index in [0.717, 1.165) is 28.1 Å². The van der Waals surface area contributed by atoms with Gasteiger partial charge in [0.25, 0.3) is 0 Å². The van der Waals surface area contributed by atoms with E-state index in [1.165, 1.54) is 6.07 Å². The number of hydrogen-bond donors (Lipinski definition) is 0. The van der Waals surface area contributed by atoms with Crippen molar-refractivity contribution in [3.63, 3.8) is 0 Å². The van der Waals surface area contributed by atoms with Crippen molar-refractivity contribution in [2.45, 2.75) is 5.41 Å². The minimum Gasteiger partial charge on any atom is -0.497 e. The minimum absolute atomic E-state index is 0.0574. The molecule has 142 valence electrons. The van der Waals surface area contributed by atoms with E-state index in [2.05, 4.69) is 25.8 Å². The molecule has 2 aliphatic heterocycles. The molecule has 0 atom stereocenters. The second-order valence-corrected chi connectivity index (χ2v) is 8.16. The normalized spacial score (nSPS) is 17.2. The number of carbonyl (C=O) groups is 1. The number of methoxy groups -OCH3 is 1. The van der Waals surface area contributed by atoms with Crippen LogP contribution in [0.3, 0.4) is 0 Å². The Morgan fingerprint density at radius 1 is 1.21 bits per heavy atom. The van der Waals surface area contributed by atoms with Crippen LogP contribution >= 0.6 is 15.9 Å². The molecule has 1 fully saturated rings. The number of aromatic nitrogens is 1. The summed E-state index contributed by atoms with van der Waals surface area (Å²) in [6.45, 7) is 1.15. The molecule has 0 N–H and O–H groups in total. The predicted octanol–water partition coefficient (Wildman–Crippen LogP) is 3.88. The van der Waals surface area contributed by atoms with Crippen molar-refractivity contribution in [2.75, 3.05) is 37.0 Å². The molecular formula is C21H17BrFN3O2. The Morgan fingerprint density at radius 2 is 1.93 bits per heavy atom. The Hall–Kier alpha value is -2.67. The van der Waals surface area contributed by atoms with Crippen LogP contribution < -0.4 is 14.5 Å². The van der Waals surface area contributed by atoms with Gasteiger partial charge in [0.1, 0.15) is 17.0 Å². The van der Waals surface area contributed by atoms with E-state index in [0.29, 0.717) is 23.1 Å². The summed E-state index contributed by atoms with van der Waals surface area (Å²) >= 11 is 3.27. The van der Waals surface area contributed by atoms with Crippen LogP contribution in [0.25, 0.3) is 10.9 Å². The van der Waals surface area contributed by atoms with Crippen LogP contribution in [0.1, 0.15) is 5.56 Å². The molecule has 2 aromatic carbocycles. The van der Waals surface area contributed by atoms with Gasteiger partial charge in [0, 0.05) is 42.8 Å². The van der Waals surface area contributed by atoms with Gasteiger partial charge in [-0.3, -0.25) is 9.78 Å². The summed E-state index contributed by atoms with van der Waals surface area (Å²) in [5.74, 6) is 0.493. The van der Waals surface area contributed by atoms with Gasteiger partial charge in [-0.05, 0) is 46.3 Å². The molecule has 5 rings (SSSR count). The van der Waals surface area contributed by atoms with Gasteiger partial charge >= 0.3 is 0 Å². The number of ether oxygens (including phenoxy) is 1. The maximum atomic E-state index is 14.0. The van der Waals surface area contributed by atoms with Crippen molar-refractivity contribution < 1.29 is 13.9 Å². The molecule has 3 aromatic rings. The first-order valence-electron chi connectivity index (χ1n) is 8.90. The summed E-state index contributed by atoms with van der Waals surface area (Å²) in [4.78, 5) is 21.4. The third-order valence-corrected chi connectivity index (χ3v) is 6.41. The largest absolute Gasteiger partial charge is 0.497 e. The fourth-order valence-corrected chi connectivity index (χ4v) is 4.69. The third kappa shape index (κ3) is 2.22. The Labute approximate surface area is 169 Å². The van der Waals surface area contributed by atoms with Gasteiger partial charge in [-0.25, -0.2) is 4.39 Å². The average Bonchev–Trinajstić information content (AvgIpc) is 2.90. The van der Waals surface area contributed by atoms with Gasteiger partial charge < -0.3 is 14.5 Å². The molecule has 28 heavy (non-hydrogen) atoms. The molecule has 3 heterocycles. The van der Waals surface area contributed by atoms with Crippen molar-refractivity contribution in [1.82, 2.24) is 4.98 Å². The van der Waals surface area contributed by atoms with E-state index in [1.807, 2.05) is 24.3 Å². The van der Waals surface area contributed by atoms with Crippen LogP contribution in [0.5, 0.6) is 5.75 Å². The highest BCUT2D eigenvalue weighted by Crippen LogP contribution is 2.50.